The molecule has 2 fully saturated rings. The van der Waals surface area contributed by atoms with E-state index >= 15 is 0 Å². The Labute approximate surface area is 107 Å². The van der Waals surface area contributed by atoms with Crippen LogP contribution in [0.1, 0.15) is 53.4 Å². The van der Waals surface area contributed by atoms with E-state index in [1.165, 1.54) is 45.3 Å². The Balaban J connectivity index is 1.95. The highest BCUT2D eigenvalue weighted by Crippen LogP contribution is 2.36. The number of nitrogens with zero attached hydrogens (tertiary/aromatic N) is 1. The molecule has 17 heavy (non-hydrogen) atoms. The first kappa shape index (κ1) is 13.4. The minimum Gasteiger partial charge on any atom is -0.311 e. The molecule has 2 aliphatic rings. The van der Waals surface area contributed by atoms with Crippen LogP contribution in [0.25, 0.3) is 0 Å². The van der Waals surface area contributed by atoms with E-state index in [0.29, 0.717) is 11.5 Å². The van der Waals surface area contributed by atoms with Gasteiger partial charge in [0, 0.05) is 25.2 Å². The lowest BCUT2D eigenvalue weighted by molar-refractivity contribution is 0.0502. The van der Waals surface area contributed by atoms with Crippen molar-refractivity contribution in [2.24, 2.45) is 11.3 Å². The van der Waals surface area contributed by atoms with Crippen molar-refractivity contribution in [2.45, 2.75) is 65.5 Å². The van der Waals surface area contributed by atoms with Crippen molar-refractivity contribution >= 4 is 0 Å². The second-order valence-corrected chi connectivity index (χ2v) is 7.08. The highest BCUT2D eigenvalue weighted by atomic mass is 15.2. The van der Waals surface area contributed by atoms with E-state index < -0.39 is 0 Å². The lowest BCUT2D eigenvalue weighted by atomic mass is 9.83. The van der Waals surface area contributed by atoms with Gasteiger partial charge in [0.15, 0.2) is 0 Å². The van der Waals surface area contributed by atoms with E-state index in [9.17, 15) is 0 Å². The van der Waals surface area contributed by atoms with Crippen LogP contribution in [0.15, 0.2) is 0 Å². The van der Waals surface area contributed by atoms with Crippen molar-refractivity contribution in [3.05, 3.63) is 0 Å². The third kappa shape index (κ3) is 3.45. The molecule has 1 heterocycles. The SMILES string of the molecule is CCCCN1CC(C2CC2)NCC1C(C)(C)C. The minimum absolute atomic E-state index is 0.398. The Bertz CT molecular complexity index is 240. The zero-order valence-electron chi connectivity index (χ0n) is 12.1. The predicted molar refractivity (Wildman–Crippen MR) is 74.2 cm³/mol. The van der Waals surface area contributed by atoms with Crippen molar-refractivity contribution in [2.75, 3.05) is 19.6 Å². The van der Waals surface area contributed by atoms with E-state index in [1.54, 1.807) is 0 Å². The molecule has 1 saturated heterocycles. The van der Waals surface area contributed by atoms with Crippen LogP contribution in [-0.2, 0) is 0 Å². The summed E-state index contributed by atoms with van der Waals surface area (Å²) in [7, 11) is 0. The molecule has 2 nitrogen and oxygen atoms in total. The van der Waals surface area contributed by atoms with Crippen LogP contribution < -0.4 is 5.32 Å². The second kappa shape index (κ2) is 5.27. The standard InChI is InChI=1S/C15H30N2/c1-5-6-9-17-11-13(12-7-8-12)16-10-14(17)15(2,3)4/h12-14,16H,5-11H2,1-4H3. The van der Waals surface area contributed by atoms with Crippen LogP contribution in [0.4, 0.5) is 0 Å². The number of unbranched alkanes of at least 4 members (excludes halogenated alkanes) is 1. The average Bonchev–Trinajstić information content (AvgIpc) is 3.08. The first-order valence-corrected chi connectivity index (χ1v) is 7.49. The van der Waals surface area contributed by atoms with Crippen LogP contribution in [-0.4, -0.2) is 36.6 Å². The van der Waals surface area contributed by atoms with Gasteiger partial charge < -0.3 is 5.32 Å². The van der Waals surface area contributed by atoms with Crippen molar-refractivity contribution in [3.8, 4) is 0 Å². The van der Waals surface area contributed by atoms with Crippen LogP contribution in [0, 0.1) is 11.3 Å². The molecule has 0 spiro atoms. The van der Waals surface area contributed by atoms with Crippen LogP contribution >= 0.6 is 0 Å². The van der Waals surface area contributed by atoms with Crippen molar-refractivity contribution in [1.29, 1.82) is 0 Å². The molecule has 2 atom stereocenters. The molecule has 0 aromatic rings. The third-order valence-corrected chi connectivity index (χ3v) is 4.43. The van der Waals surface area contributed by atoms with Gasteiger partial charge in [-0.25, -0.2) is 0 Å². The van der Waals surface area contributed by atoms with Gasteiger partial charge in [0.25, 0.3) is 0 Å². The Morgan fingerprint density at radius 2 is 1.94 bits per heavy atom. The maximum absolute atomic E-state index is 3.80. The smallest absolute Gasteiger partial charge is 0.0269 e. The van der Waals surface area contributed by atoms with E-state index in [-0.39, 0.29) is 0 Å². The van der Waals surface area contributed by atoms with Crippen molar-refractivity contribution < 1.29 is 0 Å². The van der Waals surface area contributed by atoms with Crippen LogP contribution in [0.5, 0.6) is 0 Å². The third-order valence-electron chi connectivity index (χ3n) is 4.43. The molecule has 2 heteroatoms. The fraction of sp³-hybridized carbons (Fsp3) is 1.00. The molecule has 0 aromatic heterocycles. The first-order chi connectivity index (χ1) is 8.02. The number of hydrogen-bond donors (Lipinski definition) is 1. The number of hydrogen-bond acceptors (Lipinski definition) is 2. The lowest BCUT2D eigenvalue weighted by Crippen LogP contribution is -2.61. The largest absolute Gasteiger partial charge is 0.311 e. The summed E-state index contributed by atoms with van der Waals surface area (Å²) in [4.78, 5) is 2.77. The second-order valence-electron chi connectivity index (χ2n) is 7.08. The van der Waals surface area contributed by atoms with Crippen LogP contribution in [0.3, 0.4) is 0 Å². The monoisotopic (exact) mass is 238 g/mol. The summed E-state index contributed by atoms with van der Waals surface area (Å²) < 4.78 is 0. The fourth-order valence-corrected chi connectivity index (χ4v) is 3.11. The molecule has 2 rings (SSSR count). The van der Waals surface area contributed by atoms with Gasteiger partial charge in [0.05, 0.1) is 0 Å². The highest BCUT2D eigenvalue weighted by Gasteiger charge is 2.40. The summed E-state index contributed by atoms with van der Waals surface area (Å²) in [6.45, 7) is 13.2. The maximum Gasteiger partial charge on any atom is 0.0269 e. The van der Waals surface area contributed by atoms with E-state index in [4.69, 9.17) is 0 Å². The summed E-state index contributed by atoms with van der Waals surface area (Å²) in [5, 5.41) is 3.80. The lowest BCUT2D eigenvalue weighted by Gasteiger charge is -2.46. The van der Waals surface area contributed by atoms with Gasteiger partial charge in [-0.3, -0.25) is 4.90 Å². The van der Waals surface area contributed by atoms with Crippen LogP contribution in [0.2, 0.25) is 0 Å². The van der Waals surface area contributed by atoms with E-state index in [1.807, 2.05) is 0 Å². The summed E-state index contributed by atoms with van der Waals surface area (Å²) >= 11 is 0. The summed E-state index contributed by atoms with van der Waals surface area (Å²) in [6.07, 6.45) is 5.58. The Hall–Kier alpha value is -0.0800. The molecule has 1 aliphatic carbocycles. The number of nitrogens with one attached hydrogen (secondary N) is 1. The molecule has 2 unspecified atom stereocenters. The first-order valence-electron chi connectivity index (χ1n) is 7.49. The Morgan fingerprint density at radius 3 is 2.47 bits per heavy atom. The van der Waals surface area contributed by atoms with Gasteiger partial charge in [-0.15, -0.1) is 0 Å². The minimum atomic E-state index is 0.398. The predicted octanol–water partition coefficient (Wildman–Crippen LogP) is 2.89. The van der Waals surface area contributed by atoms with E-state index in [2.05, 4.69) is 37.9 Å². The summed E-state index contributed by atoms with van der Waals surface area (Å²) in [6, 6.07) is 1.49. The van der Waals surface area contributed by atoms with Gasteiger partial charge in [-0.05, 0) is 37.1 Å². The molecule has 1 aliphatic heterocycles. The maximum atomic E-state index is 3.80. The zero-order valence-corrected chi connectivity index (χ0v) is 12.1. The molecule has 1 saturated carbocycles. The fourth-order valence-electron chi connectivity index (χ4n) is 3.11. The quantitative estimate of drug-likeness (QED) is 0.810. The summed E-state index contributed by atoms with van der Waals surface area (Å²) in [5.41, 5.74) is 0.398. The van der Waals surface area contributed by atoms with E-state index in [0.717, 1.165) is 12.0 Å². The van der Waals surface area contributed by atoms with Crippen molar-refractivity contribution in [3.63, 3.8) is 0 Å². The molecule has 1 N–H and O–H groups in total. The molecule has 0 amide bonds. The molecule has 100 valence electrons. The van der Waals surface area contributed by atoms with Gasteiger partial charge in [-0.2, -0.15) is 0 Å². The summed E-state index contributed by atoms with van der Waals surface area (Å²) in [5.74, 6) is 0.986. The highest BCUT2D eigenvalue weighted by molar-refractivity contribution is 4.97. The number of rotatable bonds is 4. The topological polar surface area (TPSA) is 15.3 Å². The van der Waals surface area contributed by atoms with Gasteiger partial charge in [0.2, 0.25) is 0 Å². The van der Waals surface area contributed by atoms with Crippen molar-refractivity contribution in [1.82, 2.24) is 10.2 Å². The average molecular weight is 238 g/mol. The Morgan fingerprint density at radius 1 is 1.24 bits per heavy atom. The number of piperazine rings is 1. The molecular formula is C15H30N2. The Kier molecular flexibility index (Phi) is 4.14. The molecular weight excluding hydrogens is 208 g/mol. The molecule has 0 radical (unpaired) electrons. The molecule has 0 bridgehead atoms. The van der Waals surface area contributed by atoms with Gasteiger partial charge in [-0.1, -0.05) is 34.1 Å². The molecule has 0 aromatic carbocycles. The normalized spacial score (nSPS) is 31.8. The van der Waals surface area contributed by atoms with Gasteiger partial charge in [0.1, 0.15) is 0 Å². The van der Waals surface area contributed by atoms with Gasteiger partial charge >= 0.3 is 0 Å². The zero-order chi connectivity index (χ0) is 12.5.